The zero-order chi connectivity index (χ0) is 13.1. The van der Waals surface area contributed by atoms with Crippen LogP contribution in [0, 0.1) is 0 Å². The zero-order valence-corrected chi connectivity index (χ0v) is 10.3. The number of hydrogen-bond acceptors (Lipinski definition) is 4. The molecule has 94 valence electrons. The van der Waals surface area contributed by atoms with E-state index >= 15 is 0 Å². The zero-order valence-electron chi connectivity index (χ0n) is 9.50. The van der Waals surface area contributed by atoms with Crippen LogP contribution in [0.15, 0.2) is 24.5 Å². The first kappa shape index (κ1) is 12.4. The number of carboxylic acid groups (broad SMARTS) is 1. The standard InChI is InChI=1S/C11H10ClN3O3/c1-15-10(13-6-14-15)5-18-7-2-3-9(12)8(4-7)11(16)17/h2-4,6H,5H2,1H3,(H,16,17). The topological polar surface area (TPSA) is 77.2 Å². The average Bonchev–Trinajstić information content (AvgIpc) is 2.73. The third kappa shape index (κ3) is 2.60. The summed E-state index contributed by atoms with van der Waals surface area (Å²) >= 11 is 5.75. The van der Waals surface area contributed by atoms with Crippen molar-refractivity contribution in [3.05, 3.63) is 40.9 Å². The van der Waals surface area contributed by atoms with Crippen LogP contribution < -0.4 is 4.74 Å². The number of carboxylic acids is 1. The smallest absolute Gasteiger partial charge is 0.337 e. The van der Waals surface area contributed by atoms with Gasteiger partial charge in [0.05, 0.1) is 10.6 Å². The van der Waals surface area contributed by atoms with Gasteiger partial charge in [0.15, 0.2) is 5.82 Å². The molecule has 0 radical (unpaired) electrons. The molecule has 6 nitrogen and oxygen atoms in total. The fourth-order valence-electron chi connectivity index (χ4n) is 1.36. The predicted molar refractivity (Wildman–Crippen MR) is 63.7 cm³/mol. The Morgan fingerprint density at radius 2 is 2.33 bits per heavy atom. The fourth-order valence-corrected chi connectivity index (χ4v) is 1.56. The Kier molecular flexibility index (Phi) is 3.47. The lowest BCUT2D eigenvalue weighted by molar-refractivity contribution is 0.0696. The first-order chi connectivity index (χ1) is 8.58. The molecule has 1 aromatic carbocycles. The summed E-state index contributed by atoms with van der Waals surface area (Å²) in [5.41, 5.74) is 0.00660. The lowest BCUT2D eigenvalue weighted by atomic mass is 10.2. The maximum absolute atomic E-state index is 10.9. The van der Waals surface area contributed by atoms with E-state index in [1.54, 1.807) is 17.8 Å². The first-order valence-electron chi connectivity index (χ1n) is 5.06. The summed E-state index contributed by atoms with van der Waals surface area (Å²) in [6.07, 6.45) is 1.42. The number of halogens is 1. The Labute approximate surface area is 108 Å². The molecular formula is C11H10ClN3O3. The van der Waals surface area contributed by atoms with Crippen molar-refractivity contribution in [3.8, 4) is 5.75 Å². The van der Waals surface area contributed by atoms with Crippen LogP contribution in [-0.2, 0) is 13.7 Å². The van der Waals surface area contributed by atoms with Crippen molar-refractivity contribution in [2.45, 2.75) is 6.61 Å². The van der Waals surface area contributed by atoms with E-state index in [1.807, 2.05) is 0 Å². The third-order valence-electron chi connectivity index (χ3n) is 2.34. The number of carbonyl (C=O) groups is 1. The number of aromatic nitrogens is 3. The van der Waals surface area contributed by atoms with Crippen LogP contribution in [0.5, 0.6) is 5.75 Å². The van der Waals surface area contributed by atoms with Gasteiger partial charge in [-0.25, -0.2) is 9.78 Å². The predicted octanol–water partition coefficient (Wildman–Crippen LogP) is 1.75. The van der Waals surface area contributed by atoms with Gasteiger partial charge in [0, 0.05) is 7.05 Å². The average molecular weight is 268 g/mol. The molecular weight excluding hydrogens is 258 g/mol. The molecule has 2 aromatic rings. The Hall–Kier alpha value is -2.08. The molecule has 0 bridgehead atoms. The Bertz CT molecular complexity index is 583. The van der Waals surface area contributed by atoms with Gasteiger partial charge in [0.2, 0.25) is 0 Å². The van der Waals surface area contributed by atoms with E-state index in [1.165, 1.54) is 18.5 Å². The van der Waals surface area contributed by atoms with E-state index in [4.69, 9.17) is 21.4 Å². The summed E-state index contributed by atoms with van der Waals surface area (Å²) in [5, 5.41) is 13.0. The van der Waals surface area contributed by atoms with E-state index in [-0.39, 0.29) is 17.2 Å². The molecule has 0 aliphatic carbocycles. The molecule has 0 saturated heterocycles. The Balaban J connectivity index is 2.13. The molecule has 0 amide bonds. The molecule has 0 atom stereocenters. The highest BCUT2D eigenvalue weighted by Crippen LogP contribution is 2.22. The van der Waals surface area contributed by atoms with Gasteiger partial charge in [0.25, 0.3) is 0 Å². The van der Waals surface area contributed by atoms with Crippen LogP contribution in [0.25, 0.3) is 0 Å². The van der Waals surface area contributed by atoms with Gasteiger partial charge in [-0.3, -0.25) is 4.68 Å². The number of nitrogens with zero attached hydrogens (tertiary/aromatic N) is 3. The molecule has 0 spiro atoms. The van der Waals surface area contributed by atoms with Gasteiger partial charge in [-0.1, -0.05) is 11.6 Å². The molecule has 1 N–H and O–H groups in total. The van der Waals surface area contributed by atoms with Gasteiger partial charge in [-0.15, -0.1) is 0 Å². The number of aryl methyl sites for hydroxylation is 1. The van der Waals surface area contributed by atoms with Crippen LogP contribution in [0.3, 0.4) is 0 Å². The van der Waals surface area contributed by atoms with E-state index in [0.717, 1.165) is 0 Å². The number of benzene rings is 1. The summed E-state index contributed by atoms with van der Waals surface area (Å²) in [7, 11) is 1.75. The van der Waals surface area contributed by atoms with Gasteiger partial charge in [0.1, 0.15) is 18.7 Å². The highest BCUT2D eigenvalue weighted by atomic mass is 35.5. The number of aromatic carboxylic acids is 1. The minimum absolute atomic E-state index is 0.00660. The first-order valence-corrected chi connectivity index (χ1v) is 5.44. The monoisotopic (exact) mass is 267 g/mol. The van der Waals surface area contributed by atoms with Crippen LogP contribution in [0.4, 0.5) is 0 Å². The summed E-state index contributed by atoms with van der Waals surface area (Å²) in [5.74, 6) is -0.0364. The van der Waals surface area contributed by atoms with E-state index in [0.29, 0.717) is 11.6 Å². The van der Waals surface area contributed by atoms with Crippen molar-refractivity contribution in [2.24, 2.45) is 7.05 Å². The van der Waals surface area contributed by atoms with Gasteiger partial charge in [-0.05, 0) is 18.2 Å². The van der Waals surface area contributed by atoms with Gasteiger partial charge in [-0.2, -0.15) is 5.10 Å². The summed E-state index contributed by atoms with van der Waals surface area (Å²) in [4.78, 5) is 14.9. The quantitative estimate of drug-likeness (QED) is 0.913. The second-order valence-electron chi connectivity index (χ2n) is 3.54. The van der Waals surface area contributed by atoms with E-state index in [2.05, 4.69) is 10.1 Å². The fraction of sp³-hybridized carbons (Fsp3) is 0.182. The number of rotatable bonds is 4. The number of ether oxygens (including phenoxy) is 1. The van der Waals surface area contributed by atoms with Crippen molar-refractivity contribution < 1.29 is 14.6 Å². The van der Waals surface area contributed by atoms with Crippen LogP contribution in [0.2, 0.25) is 5.02 Å². The minimum Gasteiger partial charge on any atom is -0.486 e. The summed E-state index contributed by atoms with van der Waals surface area (Å²) < 4.78 is 7.01. The SMILES string of the molecule is Cn1ncnc1COc1ccc(Cl)c(C(=O)O)c1. The van der Waals surface area contributed by atoms with Crippen molar-refractivity contribution in [1.29, 1.82) is 0 Å². The third-order valence-corrected chi connectivity index (χ3v) is 2.67. The van der Waals surface area contributed by atoms with E-state index < -0.39 is 5.97 Å². The molecule has 0 unspecified atom stereocenters. The Morgan fingerprint density at radius 3 is 2.94 bits per heavy atom. The molecule has 7 heteroatoms. The Morgan fingerprint density at radius 1 is 1.56 bits per heavy atom. The summed E-state index contributed by atoms with van der Waals surface area (Å²) in [6.45, 7) is 0.206. The van der Waals surface area contributed by atoms with Crippen molar-refractivity contribution in [3.63, 3.8) is 0 Å². The molecule has 1 heterocycles. The molecule has 2 rings (SSSR count). The van der Waals surface area contributed by atoms with Gasteiger partial charge < -0.3 is 9.84 Å². The lowest BCUT2D eigenvalue weighted by Gasteiger charge is -2.07. The molecule has 0 saturated carbocycles. The maximum Gasteiger partial charge on any atom is 0.337 e. The van der Waals surface area contributed by atoms with E-state index in [9.17, 15) is 4.79 Å². The number of hydrogen-bond donors (Lipinski definition) is 1. The largest absolute Gasteiger partial charge is 0.486 e. The lowest BCUT2D eigenvalue weighted by Crippen LogP contribution is -2.05. The molecule has 18 heavy (non-hydrogen) atoms. The highest BCUT2D eigenvalue weighted by Gasteiger charge is 2.10. The minimum atomic E-state index is -1.09. The molecule has 0 aliphatic heterocycles. The molecule has 0 fully saturated rings. The highest BCUT2D eigenvalue weighted by molar-refractivity contribution is 6.33. The van der Waals surface area contributed by atoms with Crippen LogP contribution in [-0.4, -0.2) is 25.8 Å². The second kappa shape index (κ2) is 5.05. The van der Waals surface area contributed by atoms with Crippen molar-refractivity contribution in [1.82, 2.24) is 14.8 Å². The second-order valence-corrected chi connectivity index (χ2v) is 3.94. The van der Waals surface area contributed by atoms with Gasteiger partial charge >= 0.3 is 5.97 Å². The normalized spacial score (nSPS) is 10.3. The van der Waals surface area contributed by atoms with Crippen LogP contribution >= 0.6 is 11.6 Å². The molecule has 0 aliphatic rings. The van der Waals surface area contributed by atoms with Crippen LogP contribution in [0.1, 0.15) is 16.2 Å². The van der Waals surface area contributed by atoms with Crippen molar-refractivity contribution >= 4 is 17.6 Å². The molecule has 1 aromatic heterocycles. The summed E-state index contributed by atoms with van der Waals surface area (Å²) in [6, 6.07) is 4.46. The van der Waals surface area contributed by atoms with Crippen molar-refractivity contribution in [2.75, 3.05) is 0 Å². The maximum atomic E-state index is 10.9.